The second-order valence-electron chi connectivity index (χ2n) is 6.17. The molecule has 0 N–H and O–H groups in total. The minimum atomic E-state index is -2.82. The van der Waals surface area contributed by atoms with E-state index in [1.807, 2.05) is 19.1 Å². The topological polar surface area (TPSA) is 61.8 Å². The van der Waals surface area contributed by atoms with Crippen LogP contribution in [-0.2, 0) is 9.53 Å². The third-order valence-electron chi connectivity index (χ3n) is 4.72. The molecule has 0 radical (unpaired) electrons. The quantitative estimate of drug-likeness (QED) is 0.620. The zero-order valence-electron chi connectivity index (χ0n) is 13.7. The normalized spacial score (nSPS) is 23.5. The van der Waals surface area contributed by atoms with Crippen LogP contribution in [0.25, 0.3) is 0 Å². The number of methoxy groups -OCH3 is 1. The Kier molecular flexibility index (Phi) is 3.32. The molecule has 0 aromatic heterocycles. The number of carbonyl (C=O) groups is 2. The summed E-state index contributed by atoms with van der Waals surface area (Å²) in [5.41, 5.74) is -0.804. The number of ether oxygens (including phenoxy) is 3. The molecule has 2 aromatic rings. The molecule has 1 aliphatic heterocycles. The summed E-state index contributed by atoms with van der Waals surface area (Å²) >= 11 is 0. The van der Waals surface area contributed by atoms with Gasteiger partial charge in [0.05, 0.1) is 13.0 Å². The van der Waals surface area contributed by atoms with Crippen molar-refractivity contribution in [2.45, 2.75) is 18.5 Å². The van der Waals surface area contributed by atoms with E-state index in [1.165, 1.54) is 6.07 Å². The molecule has 1 aliphatic carbocycles. The van der Waals surface area contributed by atoms with Gasteiger partial charge in [-0.1, -0.05) is 29.8 Å². The van der Waals surface area contributed by atoms with Crippen molar-refractivity contribution in [1.82, 2.24) is 0 Å². The van der Waals surface area contributed by atoms with Crippen molar-refractivity contribution in [2.75, 3.05) is 13.9 Å². The number of alkyl halides is 1. The summed E-state index contributed by atoms with van der Waals surface area (Å²) in [5, 5.41) is 0. The van der Waals surface area contributed by atoms with E-state index in [0.717, 1.165) is 12.7 Å². The van der Waals surface area contributed by atoms with Crippen molar-refractivity contribution < 1.29 is 28.2 Å². The molecule has 0 unspecified atom stereocenters. The average Bonchev–Trinajstić information content (AvgIpc) is 3.16. The van der Waals surface area contributed by atoms with Crippen LogP contribution in [0.3, 0.4) is 0 Å². The van der Waals surface area contributed by atoms with Gasteiger partial charge in [-0.2, -0.15) is 0 Å². The number of hydrogen-bond acceptors (Lipinski definition) is 5. The van der Waals surface area contributed by atoms with Gasteiger partial charge >= 0.3 is 5.97 Å². The molecule has 6 heteroatoms. The summed E-state index contributed by atoms with van der Waals surface area (Å²) in [6.45, 7) is 1.94. The maximum absolute atomic E-state index is 15.8. The molecule has 5 nitrogen and oxygen atoms in total. The number of Topliss-reactive ketones (excluding diaryl/α,β-unsaturated/α-hetero) is 1. The molecule has 2 aromatic carbocycles. The van der Waals surface area contributed by atoms with Gasteiger partial charge in [-0.05, 0) is 30.2 Å². The third kappa shape index (κ3) is 2.06. The minimum Gasteiger partial charge on any atom is -0.466 e. The highest BCUT2D eigenvalue weighted by Gasteiger charge is 2.61. The van der Waals surface area contributed by atoms with Crippen molar-refractivity contribution in [3.63, 3.8) is 0 Å². The van der Waals surface area contributed by atoms with Gasteiger partial charge in [-0.15, -0.1) is 0 Å². The lowest BCUT2D eigenvalue weighted by atomic mass is 9.83. The lowest BCUT2D eigenvalue weighted by molar-refractivity contribution is -0.151. The van der Waals surface area contributed by atoms with Crippen LogP contribution in [-0.4, -0.2) is 31.3 Å². The number of esters is 1. The first-order valence-electron chi connectivity index (χ1n) is 7.79. The molecule has 25 heavy (non-hydrogen) atoms. The van der Waals surface area contributed by atoms with E-state index in [4.69, 9.17) is 9.47 Å². The summed E-state index contributed by atoms with van der Waals surface area (Å²) < 4.78 is 31.1. The van der Waals surface area contributed by atoms with Gasteiger partial charge in [0, 0.05) is 5.56 Å². The number of rotatable bonds is 2. The molecular weight excluding hydrogens is 327 g/mol. The van der Waals surface area contributed by atoms with Crippen molar-refractivity contribution >= 4 is 11.8 Å². The highest BCUT2D eigenvalue weighted by Crippen LogP contribution is 2.51. The van der Waals surface area contributed by atoms with Crippen LogP contribution in [0.2, 0.25) is 0 Å². The number of halogens is 1. The number of ketones is 1. The fourth-order valence-electron chi connectivity index (χ4n) is 3.46. The number of hydrogen-bond donors (Lipinski definition) is 0. The van der Waals surface area contributed by atoms with Crippen LogP contribution >= 0.6 is 0 Å². The summed E-state index contributed by atoms with van der Waals surface area (Å²) in [7, 11) is 1.07. The highest BCUT2D eigenvalue weighted by molar-refractivity contribution is 6.20. The Labute approximate surface area is 143 Å². The van der Waals surface area contributed by atoms with Gasteiger partial charge in [0.2, 0.25) is 12.6 Å². The van der Waals surface area contributed by atoms with E-state index in [-0.39, 0.29) is 12.4 Å². The van der Waals surface area contributed by atoms with Gasteiger partial charge in [0.25, 0.3) is 5.67 Å². The maximum Gasteiger partial charge on any atom is 0.352 e. The monoisotopic (exact) mass is 342 g/mol. The predicted octanol–water partition coefficient (Wildman–Crippen LogP) is 2.93. The van der Waals surface area contributed by atoms with Crippen LogP contribution in [0.5, 0.6) is 11.5 Å². The standard InChI is InChI=1S/C19H15FO5/c1-10-3-5-11(6-4-10)16-12-7-14-15(25-9-24-14)8-13(12)17(21)19(16,20)18(22)23-2/h3-8,16H,9H2,1-2H3/t16-,19+/m1/s1. The van der Waals surface area contributed by atoms with Crippen molar-refractivity contribution in [1.29, 1.82) is 0 Å². The van der Waals surface area contributed by atoms with Gasteiger partial charge in [-0.25, -0.2) is 9.18 Å². The minimum absolute atomic E-state index is 0.0411. The smallest absolute Gasteiger partial charge is 0.352 e. The zero-order chi connectivity index (χ0) is 17.8. The lowest BCUT2D eigenvalue weighted by Gasteiger charge is -2.24. The third-order valence-corrected chi connectivity index (χ3v) is 4.72. The zero-order valence-corrected chi connectivity index (χ0v) is 13.7. The molecule has 0 fully saturated rings. The van der Waals surface area contributed by atoms with Gasteiger partial charge in [-0.3, -0.25) is 4.79 Å². The van der Waals surface area contributed by atoms with Crippen LogP contribution in [0.4, 0.5) is 4.39 Å². The first-order chi connectivity index (χ1) is 12.0. The lowest BCUT2D eigenvalue weighted by Crippen LogP contribution is -2.44. The molecular formula is C19H15FO5. The van der Waals surface area contributed by atoms with Crippen LogP contribution < -0.4 is 9.47 Å². The van der Waals surface area contributed by atoms with Crippen LogP contribution in [0, 0.1) is 6.92 Å². The Balaban J connectivity index is 1.96. The van der Waals surface area contributed by atoms with Crippen molar-refractivity contribution in [2.24, 2.45) is 0 Å². The van der Waals surface area contributed by atoms with E-state index in [1.54, 1.807) is 18.2 Å². The SMILES string of the molecule is COC(=O)[C@@]1(F)C(=O)c2cc3c(cc2[C@H]1c1ccc(C)cc1)OCO3. The van der Waals surface area contributed by atoms with Crippen LogP contribution in [0.15, 0.2) is 36.4 Å². The number of benzene rings is 2. The number of fused-ring (bicyclic) bond motifs is 2. The van der Waals surface area contributed by atoms with Gasteiger partial charge in [0.1, 0.15) is 0 Å². The summed E-state index contributed by atoms with van der Waals surface area (Å²) in [4.78, 5) is 25.0. The molecule has 0 bridgehead atoms. The molecule has 0 saturated heterocycles. The highest BCUT2D eigenvalue weighted by atomic mass is 19.1. The Morgan fingerprint density at radius 2 is 1.84 bits per heavy atom. The summed E-state index contributed by atoms with van der Waals surface area (Å²) in [6.07, 6.45) is 0. The van der Waals surface area contributed by atoms with Gasteiger partial charge in [0.15, 0.2) is 11.5 Å². The summed E-state index contributed by atoms with van der Waals surface area (Å²) in [6, 6.07) is 10.1. The molecule has 2 aliphatic rings. The van der Waals surface area contributed by atoms with Crippen molar-refractivity contribution in [3.05, 3.63) is 58.7 Å². The first kappa shape index (κ1) is 15.6. The second-order valence-corrected chi connectivity index (χ2v) is 6.17. The molecule has 128 valence electrons. The molecule has 2 atom stereocenters. The average molecular weight is 342 g/mol. The Morgan fingerprint density at radius 3 is 2.48 bits per heavy atom. The number of carbonyl (C=O) groups excluding carboxylic acids is 2. The maximum atomic E-state index is 15.8. The molecule has 1 heterocycles. The first-order valence-corrected chi connectivity index (χ1v) is 7.79. The van der Waals surface area contributed by atoms with E-state index < -0.39 is 23.3 Å². The van der Waals surface area contributed by atoms with Crippen molar-refractivity contribution in [3.8, 4) is 11.5 Å². The predicted molar refractivity (Wildman–Crippen MR) is 85.8 cm³/mol. The van der Waals surface area contributed by atoms with E-state index in [2.05, 4.69) is 4.74 Å². The van der Waals surface area contributed by atoms with Gasteiger partial charge < -0.3 is 14.2 Å². The molecule has 0 saturated carbocycles. The van der Waals surface area contributed by atoms with E-state index in [9.17, 15) is 9.59 Å². The molecule has 0 spiro atoms. The molecule has 0 amide bonds. The second kappa shape index (κ2) is 5.31. The van der Waals surface area contributed by atoms with E-state index >= 15 is 4.39 Å². The Hall–Kier alpha value is -2.89. The fourth-order valence-corrected chi connectivity index (χ4v) is 3.46. The summed E-state index contributed by atoms with van der Waals surface area (Å²) in [5.74, 6) is -2.43. The largest absolute Gasteiger partial charge is 0.466 e. The number of aryl methyl sites for hydroxylation is 1. The Morgan fingerprint density at radius 1 is 1.20 bits per heavy atom. The fraction of sp³-hybridized carbons (Fsp3) is 0.263. The Bertz CT molecular complexity index is 889. The molecule has 4 rings (SSSR count). The van der Waals surface area contributed by atoms with E-state index in [0.29, 0.717) is 22.6 Å². The van der Waals surface area contributed by atoms with Crippen LogP contribution in [0.1, 0.15) is 33.0 Å².